The molecule has 0 aliphatic carbocycles. The molecular formula is C12H10BrClOS2. The van der Waals surface area contributed by atoms with Crippen LogP contribution in [0.5, 0.6) is 0 Å². The normalized spacial score (nSPS) is 12.6. The zero-order chi connectivity index (χ0) is 12.3. The lowest BCUT2D eigenvalue weighted by atomic mass is 10.3. The molecule has 0 bridgehead atoms. The van der Waals surface area contributed by atoms with Crippen LogP contribution < -0.4 is 0 Å². The van der Waals surface area contributed by atoms with E-state index in [1.165, 1.54) is 11.3 Å². The minimum absolute atomic E-state index is 0.462. The predicted octanol–water partition coefficient (Wildman–Crippen LogP) is 4.99. The van der Waals surface area contributed by atoms with Crippen LogP contribution in [0.3, 0.4) is 0 Å². The molecule has 0 saturated carbocycles. The van der Waals surface area contributed by atoms with Crippen molar-refractivity contribution in [3.05, 3.63) is 50.1 Å². The average Bonchev–Trinajstić information content (AvgIpc) is 2.73. The number of thiophene rings is 1. The van der Waals surface area contributed by atoms with Crippen molar-refractivity contribution in [3.63, 3.8) is 0 Å². The van der Waals surface area contributed by atoms with Gasteiger partial charge in [-0.3, -0.25) is 0 Å². The van der Waals surface area contributed by atoms with Crippen molar-refractivity contribution in [3.8, 4) is 0 Å². The molecule has 5 heteroatoms. The smallest absolute Gasteiger partial charge is 0.0976 e. The van der Waals surface area contributed by atoms with Crippen LogP contribution in [0.2, 0.25) is 4.34 Å². The molecule has 2 rings (SSSR count). The highest BCUT2D eigenvalue weighted by Gasteiger charge is 2.10. The number of aliphatic hydroxyl groups is 1. The van der Waals surface area contributed by atoms with Crippen molar-refractivity contribution in [2.24, 2.45) is 0 Å². The van der Waals surface area contributed by atoms with Gasteiger partial charge < -0.3 is 5.11 Å². The van der Waals surface area contributed by atoms with E-state index < -0.39 is 6.10 Å². The molecule has 1 unspecified atom stereocenters. The topological polar surface area (TPSA) is 20.2 Å². The van der Waals surface area contributed by atoms with Gasteiger partial charge in [0, 0.05) is 20.0 Å². The van der Waals surface area contributed by atoms with Gasteiger partial charge in [-0.2, -0.15) is 0 Å². The Labute approximate surface area is 122 Å². The number of halogens is 2. The van der Waals surface area contributed by atoms with E-state index in [2.05, 4.69) is 15.9 Å². The molecule has 0 fully saturated rings. The summed E-state index contributed by atoms with van der Waals surface area (Å²) in [6.45, 7) is 0. The number of hydrogen-bond acceptors (Lipinski definition) is 3. The summed E-state index contributed by atoms with van der Waals surface area (Å²) in [6.07, 6.45) is -0.462. The molecule has 1 atom stereocenters. The second kappa shape index (κ2) is 6.25. The molecule has 0 amide bonds. The number of thioether (sulfide) groups is 1. The second-order valence-corrected chi connectivity index (χ2v) is 7.18. The van der Waals surface area contributed by atoms with E-state index in [-0.39, 0.29) is 0 Å². The first-order valence-electron chi connectivity index (χ1n) is 4.97. The van der Waals surface area contributed by atoms with Crippen molar-refractivity contribution in [2.45, 2.75) is 11.0 Å². The van der Waals surface area contributed by atoms with Crippen molar-refractivity contribution in [2.75, 3.05) is 5.75 Å². The summed E-state index contributed by atoms with van der Waals surface area (Å²) in [4.78, 5) is 2.05. The highest BCUT2D eigenvalue weighted by molar-refractivity contribution is 9.10. The van der Waals surface area contributed by atoms with E-state index >= 15 is 0 Å². The van der Waals surface area contributed by atoms with Gasteiger partial charge in [0.05, 0.1) is 10.4 Å². The molecule has 1 N–H and O–H groups in total. The quantitative estimate of drug-likeness (QED) is 0.785. The Morgan fingerprint density at radius 1 is 1.35 bits per heavy atom. The Morgan fingerprint density at radius 3 is 2.82 bits per heavy atom. The first-order valence-corrected chi connectivity index (χ1v) is 7.94. The van der Waals surface area contributed by atoms with Crippen LogP contribution in [0.4, 0.5) is 0 Å². The largest absolute Gasteiger partial charge is 0.387 e. The fourth-order valence-electron chi connectivity index (χ4n) is 1.32. The maximum Gasteiger partial charge on any atom is 0.0976 e. The summed E-state index contributed by atoms with van der Waals surface area (Å²) in [5.74, 6) is 0.632. The minimum atomic E-state index is -0.462. The maximum absolute atomic E-state index is 9.98. The molecule has 1 aromatic heterocycles. The van der Waals surface area contributed by atoms with Crippen LogP contribution in [-0.2, 0) is 0 Å². The third-order valence-electron chi connectivity index (χ3n) is 2.13. The zero-order valence-electron chi connectivity index (χ0n) is 8.77. The summed E-state index contributed by atoms with van der Waals surface area (Å²) in [7, 11) is 0. The summed E-state index contributed by atoms with van der Waals surface area (Å²) in [5.41, 5.74) is 0. The first kappa shape index (κ1) is 13.4. The highest BCUT2D eigenvalue weighted by Crippen LogP contribution is 2.31. The Hall–Kier alpha value is -0.0000000000000000278. The van der Waals surface area contributed by atoms with Crippen LogP contribution >= 0.6 is 50.6 Å². The summed E-state index contributed by atoms with van der Waals surface area (Å²) in [5, 5.41) is 9.98. The van der Waals surface area contributed by atoms with Crippen LogP contribution in [0.1, 0.15) is 11.0 Å². The van der Waals surface area contributed by atoms with E-state index in [1.807, 2.05) is 36.4 Å². The van der Waals surface area contributed by atoms with Crippen LogP contribution in [-0.4, -0.2) is 10.9 Å². The van der Waals surface area contributed by atoms with Crippen molar-refractivity contribution >= 4 is 50.6 Å². The molecule has 1 nitrogen and oxygen atoms in total. The zero-order valence-corrected chi connectivity index (χ0v) is 12.7. The van der Waals surface area contributed by atoms with Gasteiger partial charge >= 0.3 is 0 Å². The van der Waals surface area contributed by atoms with Gasteiger partial charge in [0.2, 0.25) is 0 Å². The first-order chi connectivity index (χ1) is 8.15. The van der Waals surface area contributed by atoms with Gasteiger partial charge in [-0.1, -0.05) is 33.6 Å². The Morgan fingerprint density at radius 2 is 2.18 bits per heavy atom. The molecule has 2 aromatic rings. The predicted molar refractivity (Wildman–Crippen MR) is 79.2 cm³/mol. The van der Waals surface area contributed by atoms with Gasteiger partial charge in [0.1, 0.15) is 0 Å². The van der Waals surface area contributed by atoms with E-state index in [1.54, 1.807) is 11.8 Å². The second-order valence-electron chi connectivity index (χ2n) is 3.43. The third kappa shape index (κ3) is 4.00. The molecule has 0 saturated heterocycles. The molecule has 0 radical (unpaired) electrons. The number of aliphatic hydroxyl groups excluding tert-OH is 1. The minimum Gasteiger partial charge on any atom is -0.387 e. The Bertz CT molecular complexity index is 501. The molecular weight excluding hydrogens is 340 g/mol. The molecule has 0 aliphatic rings. The summed E-state index contributed by atoms with van der Waals surface area (Å²) < 4.78 is 1.77. The summed E-state index contributed by atoms with van der Waals surface area (Å²) in [6, 6.07) is 11.7. The van der Waals surface area contributed by atoms with E-state index in [0.29, 0.717) is 10.1 Å². The number of rotatable bonds is 4. The van der Waals surface area contributed by atoms with Crippen molar-refractivity contribution < 1.29 is 5.11 Å². The van der Waals surface area contributed by atoms with Crippen molar-refractivity contribution in [1.82, 2.24) is 0 Å². The van der Waals surface area contributed by atoms with E-state index in [0.717, 1.165) is 14.2 Å². The lowest BCUT2D eigenvalue weighted by Gasteiger charge is -2.08. The monoisotopic (exact) mass is 348 g/mol. The van der Waals surface area contributed by atoms with E-state index in [9.17, 15) is 5.11 Å². The summed E-state index contributed by atoms with van der Waals surface area (Å²) >= 11 is 12.3. The lowest BCUT2D eigenvalue weighted by molar-refractivity contribution is 0.208. The SMILES string of the molecule is OC(CSc1cccc(Br)c1)c1ccc(Cl)s1. The van der Waals surface area contributed by atoms with Gasteiger partial charge in [-0.15, -0.1) is 23.1 Å². The third-order valence-corrected chi connectivity index (χ3v) is 5.02. The molecule has 1 aromatic carbocycles. The lowest BCUT2D eigenvalue weighted by Crippen LogP contribution is -1.97. The van der Waals surface area contributed by atoms with E-state index in [4.69, 9.17) is 11.6 Å². The van der Waals surface area contributed by atoms with Gasteiger partial charge in [0.15, 0.2) is 0 Å². The Kier molecular flexibility index (Phi) is 4.94. The molecule has 1 heterocycles. The maximum atomic E-state index is 9.98. The van der Waals surface area contributed by atoms with Crippen LogP contribution in [0, 0.1) is 0 Å². The number of benzene rings is 1. The number of hydrogen-bond donors (Lipinski definition) is 1. The van der Waals surface area contributed by atoms with Gasteiger partial charge in [0.25, 0.3) is 0 Å². The molecule has 0 aliphatic heterocycles. The standard InChI is InChI=1S/C12H10BrClOS2/c13-8-2-1-3-9(6-8)16-7-10(15)11-4-5-12(14)17-11/h1-6,10,15H,7H2. The van der Waals surface area contributed by atoms with Gasteiger partial charge in [-0.25, -0.2) is 0 Å². The highest BCUT2D eigenvalue weighted by atomic mass is 79.9. The Balaban J connectivity index is 1.94. The molecule has 90 valence electrons. The fourth-order valence-corrected chi connectivity index (χ4v) is 3.94. The van der Waals surface area contributed by atoms with Crippen LogP contribution in [0.15, 0.2) is 45.8 Å². The fraction of sp³-hybridized carbons (Fsp3) is 0.167. The van der Waals surface area contributed by atoms with Crippen molar-refractivity contribution in [1.29, 1.82) is 0 Å². The van der Waals surface area contributed by atoms with Crippen LogP contribution in [0.25, 0.3) is 0 Å². The molecule has 0 spiro atoms. The average molecular weight is 350 g/mol. The molecule has 17 heavy (non-hydrogen) atoms. The van der Waals surface area contributed by atoms with Gasteiger partial charge in [-0.05, 0) is 30.3 Å².